The molecule has 0 aromatic heterocycles. The van der Waals surface area contributed by atoms with Crippen LogP contribution >= 0.6 is 0 Å². The molecule has 0 spiro atoms. The minimum atomic E-state index is -1.05. The van der Waals surface area contributed by atoms with Crippen LogP contribution in [0.25, 0.3) is 0 Å². The predicted molar refractivity (Wildman–Crippen MR) is 137 cm³/mol. The van der Waals surface area contributed by atoms with Gasteiger partial charge in [0.2, 0.25) is 5.82 Å². The molecule has 1 aromatic carbocycles. The Labute approximate surface area is 210 Å². The van der Waals surface area contributed by atoms with Crippen LogP contribution < -0.4 is 4.74 Å². The van der Waals surface area contributed by atoms with E-state index in [0.717, 1.165) is 49.4 Å². The van der Waals surface area contributed by atoms with Gasteiger partial charge >= 0.3 is 5.97 Å². The molecule has 3 saturated carbocycles. The van der Waals surface area contributed by atoms with E-state index in [-0.39, 0.29) is 11.7 Å². The third kappa shape index (κ3) is 6.54. The minimum Gasteiger partial charge on any atom is -0.423 e. The molecule has 0 amide bonds. The van der Waals surface area contributed by atoms with Crippen LogP contribution in [0.3, 0.4) is 0 Å². The van der Waals surface area contributed by atoms with Gasteiger partial charge in [-0.05, 0) is 119 Å². The lowest BCUT2D eigenvalue weighted by molar-refractivity contribution is -0.140. The number of benzene rings is 1. The van der Waals surface area contributed by atoms with Gasteiger partial charge in [-0.3, -0.25) is 4.79 Å². The number of esters is 1. The first-order valence-corrected chi connectivity index (χ1v) is 14.3. The molecule has 3 aliphatic rings. The molecule has 4 unspecified atom stereocenters. The molecular weight excluding hydrogens is 442 g/mol. The zero-order chi connectivity index (χ0) is 24.8. The number of rotatable bonds is 8. The summed E-state index contributed by atoms with van der Waals surface area (Å²) < 4.78 is 34.3. The third-order valence-electron chi connectivity index (χ3n) is 9.38. The van der Waals surface area contributed by atoms with Crippen molar-refractivity contribution in [2.45, 2.75) is 104 Å². The molecule has 194 valence electrons. The highest BCUT2D eigenvalue weighted by atomic mass is 19.2. The van der Waals surface area contributed by atoms with E-state index in [0.29, 0.717) is 24.3 Å². The summed E-state index contributed by atoms with van der Waals surface area (Å²) in [5.41, 5.74) is 0.314. The fraction of sp³-hybridized carbons (Fsp3) is 0.710. The smallest absolute Gasteiger partial charge is 0.314 e. The van der Waals surface area contributed by atoms with E-state index in [4.69, 9.17) is 4.74 Å². The molecule has 1 aromatic rings. The van der Waals surface area contributed by atoms with Crippen molar-refractivity contribution in [3.05, 3.63) is 41.5 Å². The summed E-state index contributed by atoms with van der Waals surface area (Å²) in [6, 6.07) is 2.94. The summed E-state index contributed by atoms with van der Waals surface area (Å²) in [6.45, 7) is 4.21. The van der Waals surface area contributed by atoms with Crippen LogP contribution in [0.1, 0.15) is 103 Å². The Morgan fingerprint density at radius 1 is 0.914 bits per heavy atom. The second-order valence-electron chi connectivity index (χ2n) is 11.6. The van der Waals surface area contributed by atoms with Crippen molar-refractivity contribution in [1.29, 1.82) is 0 Å². The number of ether oxygens (including phenoxy) is 1. The van der Waals surface area contributed by atoms with Crippen molar-refractivity contribution in [1.82, 2.24) is 0 Å². The van der Waals surface area contributed by atoms with Crippen LogP contribution in [0.4, 0.5) is 8.78 Å². The van der Waals surface area contributed by atoms with Crippen molar-refractivity contribution in [2.75, 3.05) is 0 Å². The molecule has 35 heavy (non-hydrogen) atoms. The molecule has 0 aliphatic heterocycles. The molecule has 3 fully saturated rings. The maximum Gasteiger partial charge on any atom is 0.314 e. The standard InChI is InChI=1S/C31H44F2O2/c1-3-5-6-8-23-17-18-28(30(33)29(23)32)35-31(34)24-13-11-22(12-14-24)26-16-15-25-19-21(7-4-2)9-10-27(25)20-26/h3,5,17-18,21-22,24-27H,4,6-16,19-20H2,1-2H3/b5-3+. The number of aryl methyl sites for hydroxylation is 1. The Bertz CT molecular complexity index is 871. The van der Waals surface area contributed by atoms with Gasteiger partial charge in [-0.25, -0.2) is 4.39 Å². The molecule has 0 bridgehead atoms. The van der Waals surface area contributed by atoms with Gasteiger partial charge in [0.25, 0.3) is 0 Å². The Morgan fingerprint density at radius 2 is 1.57 bits per heavy atom. The molecular formula is C31H44F2O2. The number of carbonyl (C=O) groups is 1. The number of allylic oxidation sites excluding steroid dienone is 2. The van der Waals surface area contributed by atoms with Crippen LogP contribution in [-0.4, -0.2) is 5.97 Å². The topological polar surface area (TPSA) is 26.3 Å². The molecule has 0 heterocycles. The minimum absolute atomic E-state index is 0.205. The van der Waals surface area contributed by atoms with Gasteiger partial charge in [-0.1, -0.05) is 44.4 Å². The maximum atomic E-state index is 14.5. The zero-order valence-electron chi connectivity index (χ0n) is 21.7. The normalized spacial score (nSPS) is 31.3. The molecule has 4 heteroatoms. The van der Waals surface area contributed by atoms with Crippen molar-refractivity contribution in [3.63, 3.8) is 0 Å². The van der Waals surface area contributed by atoms with Crippen LogP contribution in [0.5, 0.6) is 5.75 Å². The number of hydrogen-bond donors (Lipinski definition) is 0. The molecule has 4 atom stereocenters. The molecule has 2 nitrogen and oxygen atoms in total. The van der Waals surface area contributed by atoms with E-state index in [1.165, 1.54) is 63.5 Å². The predicted octanol–water partition coefficient (Wildman–Crippen LogP) is 8.82. The lowest BCUT2D eigenvalue weighted by Crippen LogP contribution is -2.35. The first-order chi connectivity index (χ1) is 17.0. The number of carbonyl (C=O) groups excluding carboxylic acids is 1. The van der Waals surface area contributed by atoms with Crippen LogP contribution in [0, 0.1) is 47.1 Å². The van der Waals surface area contributed by atoms with Gasteiger partial charge in [0.05, 0.1) is 5.92 Å². The molecule has 4 rings (SSSR count). The Morgan fingerprint density at radius 3 is 2.29 bits per heavy atom. The number of halogens is 2. The van der Waals surface area contributed by atoms with E-state index in [1.54, 1.807) is 0 Å². The monoisotopic (exact) mass is 486 g/mol. The van der Waals surface area contributed by atoms with Gasteiger partial charge in [-0.2, -0.15) is 4.39 Å². The van der Waals surface area contributed by atoms with Gasteiger partial charge in [-0.15, -0.1) is 0 Å². The summed E-state index contributed by atoms with van der Waals surface area (Å²) in [6.07, 6.45) is 19.8. The third-order valence-corrected chi connectivity index (χ3v) is 9.38. The van der Waals surface area contributed by atoms with Crippen LogP contribution in [-0.2, 0) is 11.2 Å². The molecule has 3 aliphatic carbocycles. The first-order valence-electron chi connectivity index (χ1n) is 14.3. The summed E-state index contributed by atoms with van der Waals surface area (Å²) in [5.74, 6) is 1.52. The quantitative estimate of drug-likeness (QED) is 0.208. The van der Waals surface area contributed by atoms with Crippen molar-refractivity contribution in [3.8, 4) is 5.75 Å². The lowest BCUT2D eigenvalue weighted by Gasteiger charge is -2.45. The van der Waals surface area contributed by atoms with E-state index in [2.05, 4.69) is 6.92 Å². The fourth-order valence-corrected chi connectivity index (χ4v) is 7.39. The Hall–Kier alpha value is -1.71. The highest BCUT2D eigenvalue weighted by Crippen LogP contribution is 2.49. The second-order valence-corrected chi connectivity index (χ2v) is 11.6. The van der Waals surface area contributed by atoms with Crippen LogP contribution in [0.2, 0.25) is 0 Å². The number of hydrogen-bond acceptors (Lipinski definition) is 2. The molecule has 0 radical (unpaired) electrons. The highest BCUT2D eigenvalue weighted by Gasteiger charge is 2.39. The highest BCUT2D eigenvalue weighted by molar-refractivity contribution is 5.75. The van der Waals surface area contributed by atoms with Crippen molar-refractivity contribution < 1.29 is 18.3 Å². The Kier molecular flexibility index (Phi) is 9.41. The van der Waals surface area contributed by atoms with E-state index < -0.39 is 17.6 Å². The van der Waals surface area contributed by atoms with Gasteiger partial charge in [0.1, 0.15) is 0 Å². The summed E-state index contributed by atoms with van der Waals surface area (Å²) in [5, 5.41) is 0. The largest absolute Gasteiger partial charge is 0.423 e. The number of fused-ring (bicyclic) bond motifs is 1. The van der Waals surface area contributed by atoms with E-state index in [9.17, 15) is 13.6 Å². The summed E-state index contributed by atoms with van der Waals surface area (Å²) in [4.78, 5) is 12.8. The average Bonchev–Trinajstić information content (AvgIpc) is 2.88. The van der Waals surface area contributed by atoms with E-state index in [1.807, 2.05) is 19.1 Å². The SMILES string of the molecule is C/C=C/CCc1ccc(OC(=O)C2CCC(C3CCC4CC(CCC)CCC4C3)CC2)c(F)c1F. The van der Waals surface area contributed by atoms with Crippen LogP contribution in [0.15, 0.2) is 24.3 Å². The van der Waals surface area contributed by atoms with Gasteiger partial charge < -0.3 is 4.74 Å². The van der Waals surface area contributed by atoms with Crippen molar-refractivity contribution in [2.24, 2.45) is 35.5 Å². The molecule has 0 saturated heterocycles. The van der Waals surface area contributed by atoms with Gasteiger partial charge in [0, 0.05) is 0 Å². The molecule has 0 N–H and O–H groups in total. The van der Waals surface area contributed by atoms with E-state index >= 15 is 0 Å². The zero-order valence-corrected chi connectivity index (χ0v) is 21.7. The van der Waals surface area contributed by atoms with Crippen molar-refractivity contribution >= 4 is 5.97 Å². The first kappa shape index (κ1) is 26.4. The fourth-order valence-electron chi connectivity index (χ4n) is 7.39. The lowest BCUT2D eigenvalue weighted by atomic mass is 9.60. The average molecular weight is 487 g/mol. The Balaban J connectivity index is 1.25. The summed E-state index contributed by atoms with van der Waals surface area (Å²) >= 11 is 0. The summed E-state index contributed by atoms with van der Waals surface area (Å²) in [7, 11) is 0. The maximum absolute atomic E-state index is 14.5. The van der Waals surface area contributed by atoms with Gasteiger partial charge in [0.15, 0.2) is 11.6 Å². The second kappa shape index (κ2) is 12.5.